The minimum absolute atomic E-state index is 1.14. The summed E-state index contributed by atoms with van der Waals surface area (Å²) < 4.78 is 0. The molecule has 0 bridgehead atoms. The van der Waals surface area contributed by atoms with E-state index < -0.39 is 0 Å². The third-order valence-corrected chi connectivity index (χ3v) is 5.05. The number of hydrogen-bond donors (Lipinski definition) is 0. The van der Waals surface area contributed by atoms with Crippen LogP contribution in [0.5, 0.6) is 0 Å². The van der Waals surface area contributed by atoms with Crippen molar-refractivity contribution in [3.05, 3.63) is 24.0 Å². The third-order valence-electron chi connectivity index (χ3n) is 0.910. The highest BCUT2D eigenvalue weighted by Gasteiger charge is 1.89. The first-order chi connectivity index (χ1) is 5.91. The molecule has 70 valence electrons. The quantitative estimate of drug-likeness (QED) is 0.437. The summed E-state index contributed by atoms with van der Waals surface area (Å²) in [7, 11) is 0. The molecule has 0 aliphatic heterocycles. The van der Waals surface area contributed by atoms with Gasteiger partial charge in [0.1, 0.15) is 0 Å². The lowest BCUT2D eigenvalue weighted by molar-refractivity contribution is 1.56. The molecule has 0 aromatic carbocycles. The fourth-order valence-electron chi connectivity index (χ4n) is 0.428. The van der Waals surface area contributed by atoms with Crippen molar-refractivity contribution in [2.24, 2.45) is 0 Å². The van der Waals surface area contributed by atoms with Crippen LogP contribution in [0.25, 0.3) is 0 Å². The minimum Gasteiger partial charge on any atom is -0.150 e. The van der Waals surface area contributed by atoms with Gasteiger partial charge in [0.2, 0.25) is 0 Å². The van der Waals surface area contributed by atoms with Crippen LogP contribution in [0.3, 0.4) is 0 Å². The summed E-state index contributed by atoms with van der Waals surface area (Å²) in [6, 6.07) is 0. The van der Waals surface area contributed by atoms with Crippen molar-refractivity contribution in [1.82, 2.24) is 0 Å². The van der Waals surface area contributed by atoms with Crippen molar-refractivity contribution < 1.29 is 0 Å². The molecule has 0 amide bonds. The summed E-state index contributed by atoms with van der Waals surface area (Å²) in [6.07, 6.45) is 0. The number of hydrogen-bond acceptors (Lipinski definition) is 4. The van der Waals surface area contributed by atoms with Gasteiger partial charge in [0.15, 0.2) is 0 Å². The lowest BCUT2D eigenvalue weighted by Gasteiger charge is -1.98. The molecule has 0 radical (unpaired) electrons. The van der Waals surface area contributed by atoms with Crippen LogP contribution in [0.4, 0.5) is 0 Å². The maximum atomic E-state index is 3.65. The second-order valence-corrected chi connectivity index (χ2v) is 6.57. The zero-order chi connectivity index (χ0) is 9.07. The van der Waals surface area contributed by atoms with Crippen molar-refractivity contribution in [3.63, 3.8) is 0 Å². The summed E-state index contributed by atoms with van der Waals surface area (Å²) in [6.45, 7) is 7.30. The average Bonchev–Trinajstić information content (AvgIpc) is 2.10. The van der Waals surface area contributed by atoms with Gasteiger partial charge in [-0.2, -0.15) is 0 Å². The van der Waals surface area contributed by atoms with Gasteiger partial charge >= 0.3 is 0 Å². The van der Waals surface area contributed by atoms with Crippen molar-refractivity contribution in [2.45, 2.75) is 0 Å². The van der Waals surface area contributed by atoms with E-state index in [1.807, 2.05) is 34.3 Å². The highest BCUT2D eigenvalue weighted by atomic mass is 32.2. The normalized spacial score (nSPS) is 9.67. The van der Waals surface area contributed by atoms with Gasteiger partial charge in [0, 0.05) is 21.7 Å². The van der Waals surface area contributed by atoms with Crippen LogP contribution in [-0.4, -0.2) is 21.7 Å². The Bertz CT molecular complexity index is 99.6. The zero-order valence-corrected chi connectivity index (χ0v) is 10.3. The van der Waals surface area contributed by atoms with Crippen molar-refractivity contribution in [2.75, 3.05) is 21.7 Å². The molecule has 0 unspecified atom stereocenters. The molecule has 0 aliphatic carbocycles. The van der Waals surface area contributed by atoms with Crippen LogP contribution in [-0.2, 0) is 0 Å². The van der Waals surface area contributed by atoms with Crippen LogP contribution in [0.1, 0.15) is 0 Å². The van der Waals surface area contributed by atoms with Crippen LogP contribution in [0.15, 0.2) is 24.0 Å². The second-order valence-electron chi connectivity index (χ2n) is 1.72. The Balaban J connectivity index is 2.81. The van der Waals surface area contributed by atoms with E-state index in [-0.39, 0.29) is 0 Å². The molecule has 0 rings (SSSR count). The van der Waals surface area contributed by atoms with Gasteiger partial charge < -0.3 is 0 Å². The van der Waals surface area contributed by atoms with Gasteiger partial charge in [-0.15, -0.1) is 47.0 Å². The zero-order valence-electron chi connectivity index (χ0n) is 7.03. The van der Waals surface area contributed by atoms with Crippen molar-refractivity contribution >= 4 is 47.0 Å². The van der Waals surface area contributed by atoms with Gasteiger partial charge in [-0.1, -0.05) is 13.2 Å². The predicted molar refractivity (Wildman–Crippen MR) is 70.2 cm³/mol. The highest BCUT2D eigenvalue weighted by molar-refractivity contribution is 8.19. The van der Waals surface area contributed by atoms with E-state index in [1.165, 1.54) is 11.5 Å². The fourth-order valence-corrected chi connectivity index (χ4v) is 3.85. The summed E-state index contributed by atoms with van der Waals surface area (Å²) in [5, 5.41) is 6.07. The monoisotopic (exact) mass is 238 g/mol. The largest absolute Gasteiger partial charge is 0.150 e. The summed E-state index contributed by atoms with van der Waals surface area (Å²) in [4.78, 5) is 0. The van der Waals surface area contributed by atoms with Gasteiger partial charge in [0.05, 0.1) is 0 Å². The molecule has 0 spiro atoms. The Morgan fingerprint density at radius 3 is 1.58 bits per heavy atom. The highest BCUT2D eigenvalue weighted by Crippen LogP contribution is 2.16. The van der Waals surface area contributed by atoms with Gasteiger partial charge in [-0.3, -0.25) is 0 Å². The van der Waals surface area contributed by atoms with Crippen LogP contribution in [0.2, 0.25) is 0 Å². The second kappa shape index (κ2) is 11.9. The van der Waals surface area contributed by atoms with Gasteiger partial charge in [0.25, 0.3) is 0 Å². The number of rotatable bonds is 9. The number of thioether (sulfide) groups is 4. The Morgan fingerprint density at radius 2 is 1.25 bits per heavy atom. The molecule has 0 fully saturated rings. The van der Waals surface area contributed by atoms with E-state index in [4.69, 9.17) is 0 Å². The molecule has 0 aliphatic rings. The average molecular weight is 238 g/mol. The summed E-state index contributed by atoms with van der Waals surface area (Å²) >= 11 is 7.49. The molecule has 0 nitrogen and oxygen atoms in total. The first-order valence-electron chi connectivity index (χ1n) is 3.52. The molecular weight excluding hydrogens is 224 g/mol. The van der Waals surface area contributed by atoms with E-state index in [2.05, 4.69) is 13.2 Å². The minimum atomic E-state index is 1.14. The van der Waals surface area contributed by atoms with Crippen LogP contribution in [0, 0.1) is 0 Å². The van der Waals surface area contributed by atoms with E-state index in [9.17, 15) is 0 Å². The molecule has 0 heterocycles. The van der Waals surface area contributed by atoms with E-state index >= 15 is 0 Å². The SMILES string of the molecule is C=CSCSCCSCSC=C. The van der Waals surface area contributed by atoms with E-state index in [0.717, 1.165) is 10.2 Å². The van der Waals surface area contributed by atoms with Crippen LogP contribution < -0.4 is 0 Å². The first-order valence-corrected chi connectivity index (χ1v) is 7.93. The summed E-state index contributed by atoms with van der Waals surface area (Å²) in [5.74, 6) is 2.48. The standard InChI is InChI=1S/C8H14S4/c1-3-9-7-11-5-6-12-8-10-4-2/h3-4H,1-2,5-8H2. The van der Waals surface area contributed by atoms with Crippen LogP contribution >= 0.6 is 47.0 Å². The molecule has 0 aromatic rings. The first kappa shape index (κ1) is 12.9. The topological polar surface area (TPSA) is 0 Å². The van der Waals surface area contributed by atoms with Crippen molar-refractivity contribution in [1.29, 1.82) is 0 Å². The Kier molecular flexibility index (Phi) is 12.8. The maximum Gasteiger partial charge on any atom is 0.0433 e. The predicted octanol–water partition coefficient (Wildman–Crippen LogP) is 4.12. The smallest absolute Gasteiger partial charge is 0.0433 e. The molecular formula is C8H14S4. The Hall–Kier alpha value is 0.880. The molecule has 0 saturated carbocycles. The van der Waals surface area contributed by atoms with E-state index in [0.29, 0.717) is 0 Å². The molecule has 0 N–H and O–H groups in total. The lowest BCUT2D eigenvalue weighted by Crippen LogP contribution is -1.83. The molecule has 0 saturated heterocycles. The Morgan fingerprint density at radius 1 is 0.833 bits per heavy atom. The van der Waals surface area contributed by atoms with Gasteiger partial charge in [-0.05, 0) is 10.8 Å². The molecule has 0 atom stereocenters. The Labute approximate surface area is 92.4 Å². The molecule has 0 aromatic heterocycles. The maximum absolute atomic E-state index is 3.65. The molecule has 4 heteroatoms. The molecule has 12 heavy (non-hydrogen) atoms. The van der Waals surface area contributed by atoms with Crippen molar-refractivity contribution in [3.8, 4) is 0 Å². The summed E-state index contributed by atoms with van der Waals surface area (Å²) in [5.41, 5.74) is 0. The lowest BCUT2D eigenvalue weighted by atomic mass is 11.0. The van der Waals surface area contributed by atoms with Gasteiger partial charge in [-0.25, -0.2) is 0 Å². The fraction of sp³-hybridized carbons (Fsp3) is 0.500. The van der Waals surface area contributed by atoms with E-state index in [1.54, 1.807) is 23.5 Å². The third kappa shape index (κ3) is 10.9.